The number of hydrogen-bond acceptors (Lipinski definition) is 4. The summed E-state index contributed by atoms with van der Waals surface area (Å²) in [4.78, 5) is 39.7. The average molecular weight is 643 g/mol. The van der Waals surface area contributed by atoms with Crippen LogP contribution in [0.3, 0.4) is 0 Å². The molecule has 0 aliphatic heterocycles. The van der Waals surface area contributed by atoms with Crippen molar-refractivity contribution < 1.29 is 18.8 Å². The molecule has 214 valence electrons. The van der Waals surface area contributed by atoms with E-state index in [1.165, 1.54) is 36.0 Å². The number of amides is 3. The van der Waals surface area contributed by atoms with E-state index < -0.39 is 22.9 Å². The highest BCUT2D eigenvalue weighted by molar-refractivity contribution is 8.00. The van der Waals surface area contributed by atoms with Gasteiger partial charge >= 0.3 is 0 Å². The van der Waals surface area contributed by atoms with Crippen molar-refractivity contribution in [1.82, 2.24) is 5.32 Å². The summed E-state index contributed by atoms with van der Waals surface area (Å²) in [5, 5.41) is 8.37. The lowest BCUT2D eigenvalue weighted by atomic mass is 10.1. The molecule has 3 N–H and O–H groups in total. The number of anilines is 2. The van der Waals surface area contributed by atoms with E-state index in [1.54, 1.807) is 79.7 Å². The van der Waals surface area contributed by atoms with E-state index in [4.69, 9.17) is 34.8 Å². The van der Waals surface area contributed by atoms with Gasteiger partial charge in [0.25, 0.3) is 11.8 Å². The number of halogens is 4. The predicted molar refractivity (Wildman–Crippen MR) is 169 cm³/mol. The van der Waals surface area contributed by atoms with Crippen molar-refractivity contribution in [1.29, 1.82) is 0 Å². The molecular weight excluding hydrogens is 620 g/mol. The molecule has 4 aromatic rings. The molecule has 0 spiro atoms. The average Bonchev–Trinajstić information content (AvgIpc) is 2.96. The van der Waals surface area contributed by atoms with Gasteiger partial charge in [-0.3, -0.25) is 14.4 Å². The van der Waals surface area contributed by atoms with Gasteiger partial charge in [-0.2, -0.15) is 0 Å². The SMILES string of the molecule is CC(Sc1cccc(NC(=O)/C(=C\c2c(F)cccc2Cl)NC(=O)c2ccccc2)c1)C(=O)Nc1cc(Cl)ccc1Cl. The van der Waals surface area contributed by atoms with Gasteiger partial charge < -0.3 is 16.0 Å². The van der Waals surface area contributed by atoms with Crippen LogP contribution in [0.5, 0.6) is 0 Å². The van der Waals surface area contributed by atoms with Crippen molar-refractivity contribution in [3.05, 3.63) is 129 Å². The molecule has 0 aromatic heterocycles. The van der Waals surface area contributed by atoms with E-state index in [0.717, 1.165) is 0 Å². The zero-order chi connectivity index (χ0) is 30.2. The van der Waals surface area contributed by atoms with Gasteiger partial charge in [-0.05, 0) is 73.7 Å². The fourth-order valence-electron chi connectivity index (χ4n) is 3.67. The minimum absolute atomic E-state index is 0.0540. The van der Waals surface area contributed by atoms with Crippen molar-refractivity contribution in [3.63, 3.8) is 0 Å². The lowest BCUT2D eigenvalue weighted by molar-refractivity contribution is -0.115. The summed E-state index contributed by atoms with van der Waals surface area (Å²) in [6, 6.07) is 24.0. The van der Waals surface area contributed by atoms with Crippen LogP contribution in [-0.2, 0) is 9.59 Å². The van der Waals surface area contributed by atoms with Crippen LogP contribution in [0, 0.1) is 5.82 Å². The van der Waals surface area contributed by atoms with Gasteiger partial charge in [0.2, 0.25) is 5.91 Å². The molecule has 0 aliphatic rings. The third-order valence-electron chi connectivity index (χ3n) is 5.78. The fraction of sp³-hybridized carbons (Fsp3) is 0.0645. The minimum atomic E-state index is -0.706. The van der Waals surface area contributed by atoms with Crippen molar-refractivity contribution in [3.8, 4) is 0 Å². The van der Waals surface area contributed by atoms with E-state index in [0.29, 0.717) is 31.9 Å². The number of nitrogens with one attached hydrogen (secondary N) is 3. The largest absolute Gasteiger partial charge is 0.324 e. The van der Waals surface area contributed by atoms with Crippen LogP contribution in [0.2, 0.25) is 15.1 Å². The summed E-state index contributed by atoms with van der Waals surface area (Å²) in [5.74, 6) is -2.23. The first kappa shape index (κ1) is 31.1. The quantitative estimate of drug-likeness (QED) is 0.127. The molecule has 0 saturated carbocycles. The zero-order valence-electron chi connectivity index (χ0n) is 22.0. The van der Waals surface area contributed by atoms with E-state index >= 15 is 0 Å². The topological polar surface area (TPSA) is 87.3 Å². The second-order valence-corrected chi connectivity index (χ2v) is 11.5. The van der Waals surface area contributed by atoms with Crippen LogP contribution in [0.4, 0.5) is 15.8 Å². The molecule has 1 unspecified atom stereocenters. The molecule has 4 rings (SSSR count). The standard InChI is InChI=1S/C31H23Cl3FN3O3S/c1-18(29(39)37-27-15-20(32)13-14-25(27)34)42-22-10-5-9-21(16-22)36-31(41)28(17-23-24(33)11-6-12-26(23)35)38-30(40)19-7-3-2-4-8-19/h2-18H,1H3,(H,36,41)(H,37,39)(H,38,40)/b28-17+. The second kappa shape index (κ2) is 14.4. The number of hydrogen-bond donors (Lipinski definition) is 3. The third-order valence-corrected chi connectivity index (χ3v) is 7.77. The lowest BCUT2D eigenvalue weighted by Crippen LogP contribution is -2.30. The Morgan fingerprint density at radius 2 is 1.57 bits per heavy atom. The number of thioether (sulfide) groups is 1. The summed E-state index contributed by atoms with van der Waals surface area (Å²) in [7, 11) is 0. The van der Waals surface area contributed by atoms with Crippen molar-refractivity contribution >= 4 is 81.7 Å². The Kier molecular flexibility index (Phi) is 10.7. The summed E-state index contributed by atoms with van der Waals surface area (Å²) in [5.41, 5.74) is 0.812. The fourth-order valence-corrected chi connectivity index (χ4v) is 5.15. The zero-order valence-corrected chi connectivity index (χ0v) is 25.0. The Labute approximate surface area is 261 Å². The molecule has 0 fully saturated rings. The minimum Gasteiger partial charge on any atom is -0.324 e. The van der Waals surface area contributed by atoms with E-state index in [2.05, 4.69) is 16.0 Å². The molecular formula is C31H23Cl3FN3O3S. The van der Waals surface area contributed by atoms with E-state index in [-0.39, 0.29) is 22.2 Å². The number of benzene rings is 4. The first-order valence-corrected chi connectivity index (χ1v) is 14.5. The maximum atomic E-state index is 14.6. The van der Waals surface area contributed by atoms with E-state index in [9.17, 15) is 18.8 Å². The molecule has 6 nitrogen and oxygen atoms in total. The Balaban J connectivity index is 1.52. The summed E-state index contributed by atoms with van der Waals surface area (Å²) in [6.07, 6.45) is 1.18. The molecule has 0 aliphatic carbocycles. The van der Waals surface area contributed by atoms with Gasteiger partial charge in [0.05, 0.1) is 21.0 Å². The maximum absolute atomic E-state index is 14.6. The predicted octanol–water partition coefficient (Wildman–Crippen LogP) is 8.31. The molecule has 4 aromatic carbocycles. The van der Waals surface area contributed by atoms with Crippen LogP contribution in [-0.4, -0.2) is 23.0 Å². The molecule has 3 amide bonds. The summed E-state index contributed by atoms with van der Waals surface area (Å²) >= 11 is 19.6. The second-order valence-electron chi connectivity index (χ2n) is 8.87. The molecule has 1 atom stereocenters. The first-order valence-electron chi connectivity index (χ1n) is 12.5. The highest BCUT2D eigenvalue weighted by atomic mass is 35.5. The molecule has 42 heavy (non-hydrogen) atoms. The molecule has 0 saturated heterocycles. The van der Waals surface area contributed by atoms with Gasteiger partial charge in [0, 0.05) is 26.7 Å². The first-order chi connectivity index (χ1) is 20.1. The Bertz CT molecular complexity index is 1650. The summed E-state index contributed by atoms with van der Waals surface area (Å²) in [6.45, 7) is 1.72. The molecule has 11 heteroatoms. The van der Waals surface area contributed by atoms with Crippen LogP contribution < -0.4 is 16.0 Å². The van der Waals surface area contributed by atoms with Crippen LogP contribution in [0.25, 0.3) is 6.08 Å². The third kappa shape index (κ3) is 8.36. The molecule has 0 bridgehead atoms. The number of rotatable bonds is 9. The van der Waals surface area contributed by atoms with Crippen molar-refractivity contribution in [2.75, 3.05) is 10.6 Å². The Morgan fingerprint density at radius 1 is 0.833 bits per heavy atom. The Morgan fingerprint density at radius 3 is 2.31 bits per heavy atom. The van der Waals surface area contributed by atoms with Crippen LogP contribution in [0.15, 0.2) is 102 Å². The van der Waals surface area contributed by atoms with Gasteiger partial charge in [-0.1, -0.05) is 65.1 Å². The Hall–Kier alpha value is -3.82. The monoisotopic (exact) mass is 641 g/mol. The van der Waals surface area contributed by atoms with Crippen molar-refractivity contribution in [2.24, 2.45) is 0 Å². The van der Waals surface area contributed by atoms with Gasteiger partial charge in [-0.15, -0.1) is 11.8 Å². The van der Waals surface area contributed by atoms with Gasteiger partial charge in [-0.25, -0.2) is 4.39 Å². The number of carbonyl (C=O) groups excluding carboxylic acids is 3. The van der Waals surface area contributed by atoms with E-state index in [1.807, 2.05) is 0 Å². The smallest absolute Gasteiger partial charge is 0.272 e. The van der Waals surface area contributed by atoms with Gasteiger partial charge in [0.1, 0.15) is 11.5 Å². The maximum Gasteiger partial charge on any atom is 0.272 e. The van der Waals surface area contributed by atoms with Gasteiger partial charge in [0.15, 0.2) is 0 Å². The van der Waals surface area contributed by atoms with Crippen LogP contribution in [0.1, 0.15) is 22.8 Å². The molecule has 0 heterocycles. The highest BCUT2D eigenvalue weighted by Crippen LogP contribution is 2.30. The number of carbonyl (C=O) groups is 3. The normalized spacial score (nSPS) is 11.9. The highest BCUT2D eigenvalue weighted by Gasteiger charge is 2.19. The van der Waals surface area contributed by atoms with Crippen LogP contribution >= 0.6 is 46.6 Å². The van der Waals surface area contributed by atoms with Crippen molar-refractivity contribution in [2.45, 2.75) is 17.1 Å². The molecule has 0 radical (unpaired) electrons. The lowest BCUT2D eigenvalue weighted by Gasteiger charge is -2.15. The summed E-state index contributed by atoms with van der Waals surface area (Å²) < 4.78 is 14.6.